The average molecular weight is 394 g/mol. The van der Waals surface area contributed by atoms with E-state index in [4.69, 9.17) is 10.5 Å². The van der Waals surface area contributed by atoms with Crippen LogP contribution in [-0.2, 0) is 17.7 Å². The second-order valence-corrected chi connectivity index (χ2v) is 8.76. The minimum Gasteiger partial charge on any atom is -0.384 e. The van der Waals surface area contributed by atoms with Crippen LogP contribution in [-0.4, -0.2) is 58.2 Å². The normalized spacial score (nSPS) is 24.2. The summed E-state index contributed by atoms with van der Waals surface area (Å²) in [6.45, 7) is 5.27. The molecule has 1 aliphatic carbocycles. The molecule has 0 bridgehead atoms. The van der Waals surface area contributed by atoms with Crippen LogP contribution in [0.15, 0.2) is 36.8 Å². The van der Waals surface area contributed by atoms with Crippen LogP contribution in [0.1, 0.15) is 48.4 Å². The van der Waals surface area contributed by atoms with Gasteiger partial charge >= 0.3 is 0 Å². The quantitative estimate of drug-likeness (QED) is 0.843. The molecule has 4 heterocycles. The molecule has 3 aliphatic rings. The van der Waals surface area contributed by atoms with Crippen molar-refractivity contribution >= 4 is 5.82 Å². The minimum atomic E-state index is 0.402. The Labute approximate surface area is 173 Å². The fraction of sp³-hybridized carbons (Fsp3) is 0.565. The van der Waals surface area contributed by atoms with Crippen molar-refractivity contribution in [1.82, 2.24) is 19.8 Å². The van der Waals surface area contributed by atoms with E-state index >= 15 is 0 Å². The molecule has 0 aromatic carbocycles. The van der Waals surface area contributed by atoms with Gasteiger partial charge in [0.15, 0.2) is 0 Å². The predicted molar refractivity (Wildman–Crippen MR) is 113 cm³/mol. The van der Waals surface area contributed by atoms with Crippen LogP contribution in [0.25, 0.3) is 0 Å². The zero-order valence-corrected chi connectivity index (χ0v) is 17.0. The molecule has 2 aliphatic heterocycles. The van der Waals surface area contributed by atoms with Gasteiger partial charge in [-0.3, -0.25) is 14.8 Å². The Balaban J connectivity index is 1.07. The standard InChI is InChI=1S/C23H31N5O/c24-23-12-17(4-9-26-23)14-27-10-6-19(7-11-27)29-20-15-28(16-20)22-3-1-2-18-13-25-8-5-21(18)22/h4-5,8-9,12-13,19-20,22H,1-3,6-7,10-11,14-16H2,(H2,24,26). The number of hydrogen-bond acceptors (Lipinski definition) is 6. The van der Waals surface area contributed by atoms with Crippen LogP contribution in [0.5, 0.6) is 0 Å². The Morgan fingerprint density at radius 2 is 1.93 bits per heavy atom. The average Bonchev–Trinajstić information content (AvgIpc) is 2.71. The van der Waals surface area contributed by atoms with E-state index in [0.717, 1.165) is 45.6 Å². The maximum Gasteiger partial charge on any atom is 0.123 e. The lowest BCUT2D eigenvalue weighted by atomic mass is 9.86. The summed E-state index contributed by atoms with van der Waals surface area (Å²) in [6, 6.07) is 6.82. The molecule has 0 amide bonds. The van der Waals surface area contributed by atoms with E-state index in [0.29, 0.717) is 24.1 Å². The maximum atomic E-state index is 6.44. The van der Waals surface area contributed by atoms with E-state index < -0.39 is 0 Å². The summed E-state index contributed by atoms with van der Waals surface area (Å²) in [7, 11) is 0. The van der Waals surface area contributed by atoms with E-state index in [9.17, 15) is 0 Å². The van der Waals surface area contributed by atoms with Crippen molar-refractivity contribution in [2.24, 2.45) is 0 Å². The van der Waals surface area contributed by atoms with Crippen LogP contribution in [0.4, 0.5) is 5.82 Å². The Bertz CT molecular complexity index is 830. The molecule has 1 atom stereocenters. The minimum absolute atomic E-state index is 0.402. The molecule has 2 aromatic rings. The van der Waals surface area contributed by atoms with Crippen molar-refractivity contribution in [1.29, 1.82) is 0 Å². The number of nitrogens with zero attached hydrogens (tertiary/aromatic N) is 4. The third-order valence-electron chi connectivity index (χ3n) is 6.71. The SMILES string of the molecule is Nc1cc(CN2CCC(OC3CN(C4CCCc5cnccc54)C3)CC2)ccn1. The van der Waals surface area contributed by atoms with Gasteiger partial charge in [-0.15, -0.1) is 0 Å². The van der Waals surface area contributed by atoms with Crippen molar-refractivity contribution < 1.29 is 4.74 Å². The summed E-state index contributed by atoms with van der Waals surface area (Å²) >= 11 is 0. The van der Waals surface area contributed by atoms with Gasteiger partial charge in [0.05, 0.1) is 12.2 Å². The molecular formula is C23H31N5O. The van der Waals surface area contributed by atoms with Gasteiger partial charge in [-0.2, -0.15) is 0 Å². The van der Waals surface area contributed by atoms with Crippen LogP contribution in [0, 0.1) is 0 Å². The van der Waals surface area contributed by atoms with E-state index in [1.165, 1.54) is 36.0 Å². The fourth-order valence-corrected chi connectivity index (χ4v) is 5.13. The largest absolute Gasteiger partial charge is 0.384 e. The first-order chi connectivity index (χ1) is 14.2. The number of rotatable bonds is 5. The monoisotopic (exact) mass is 393 g/mol. The number of hydrogen-bond donors (Lipinski definition) is 1. The summed E-state index contributed by atoms with van der Waals surface area (Å²) in [4.78, 5) is 13.5. The van der Waals surface area contributed by atoms with Gasteiger partial charge < -0.3 is 10.5 Å². The van der Waals surface area contributed by atoms with E-state index in [1.54, 1.807) is 6.20 Å². The third-order valence-corrected chi connectivity index (χ3v) is 6.71. The topological polar surface area (TPSA) is 67.5 Å². The Kier molecular flexibility index (Phi) is 5.48. The number of aromatic nitrogens is 2. The Hall–Kier alpha value is -2.02. The maximum absolute atomic E-state index is 6.44. The molecule has 2 saturated heterocycles. The first-order valence-electron chi connectivity index (χ1n) is 11.0. The number of anilines is 1. The highest BCUT2D eigenvalue weighted by Gasteiger charge is 2.37. The van der Waals surface area contributed by atoms with Crippen LogP contribution in [0.2, 0.25) is 0 Å². The lowest BCUT2D eigenvalue weighted by Gasteiger charge is -2.47. The number of nitrogens with two attached hydrogens (primary N) is 1. The van der Waals surface area contributed by atoms with Gasteiger partial charge in [-0.1, -0.05) is 0 Å². The van der Waals surface area contributed by atoms with Crippen molar-refractivity contribution in [3.05, 3.63) is 53.5 Å². The van der Waals surface area contributed by atoms with Gasteiger partial charge in [-0.25, -0.2) is 4.98 Å². The van der Waals surface area contributed by atoms with E-state index in [-0.39, 0.29) is 0 Å². The molecule has 2 N–H and O–H groups in total. The summed E-state index contributed by atoms with van der Waals surface area (Å²) in [5.74, 6) is 0.604. The zero-order chi connectivity index (χ0) is 19.6. The smallest absolute Gasteiger partial charge is 0.123 e. The summed E-state index contributed by atoms with van der Waals surface area (Å²) < 4.78 is 6.44. The third kappa shape index (κ3) is 4.29. The first kappa shape index (κ1) is 19.0. The molecule has 154 valence electrons. The van der Waals surface area contributed by atoms with Crippen LogP contribution >= 0.6 is 0 Å². The van der Waals surface area contributed by atoms with Crippen molar-refractivity contribution in [3.8, 4) is 0 Å². The number of fused-ring (bicyclic) bond motifs is 1. The second kappa shape index (κ2) is 8.38. The molecular weight excluding hydrogens is 362 g/mol. The van der Waals surface area contributed by atoms with Crippen molar-refractivity contribution in [2.75, 3.05) is 31.9 Å². The second-order valence-electron chi connectivity index (χ2n) is 8.76. The molecule has 2 aromatic heterocycles. The highest BCUT2D eigenvalue weighted by molar-refractivity contribution is 5.32. The van der Waals surface area contributed by atoms with Crippen LogP contribution in [0.3, 0.4) is 0 Å². The van der Waals surface area contributed by atoms with Gasteiger partial charge in [0.2, 0.25) is 0 Å². The van der Waals surface area contributed by atoms with Crippen molar-refractivity contribution in [2.45, 2.75) is 56.9 Å². The first-order valence-corrected chi connectivity index (χ1v) is 11.0. The highest BCUT2D eigenvalue weighted by Crippen LogP contribution is 2.37. The number of piperidine rings is 1. The molecule has 5 rings (SSSR count). The van der Waals surface area contributed by atoms with Gasteiger partial charge in [0.1, 0.15) is 5.82 Å². The van der Waals surface area contributed by atoms with Gasteiger partial charge in [-0.05, 0) is 67.0 Å². The van der Waals surface area contributed by atoms with Gasteiger partial charge in [0.25, 0.3) is 0 Å². The molecule has 1 unspecified atom stereocenters. The number of likely N-dealkylation sites (tertiary alicyclic amines) is 2. The molecule has 29 heavy (non-hydrogen) atoms. The molecule has 0 saturated carbocycles. The molecule has 6 nitrogen and oxygen atoms in total. The van der Waals surface area contributed by atoms with Crippen LogP contribution < -0.4 is 5.73 Å². The lowest BCUT2D eigenvalue weighted by molar-refractivity contribution is -0.120. The molecule has 2 fully saturated rings. The zero-order valence-electron chi connectivity index (χ0n) is 17.0. The number of nitrogen functional groups attached to an aromatic ring is 1. The molecule has 0 radical (unpaired) electrons. The highest BCUT2D eigenvalue weighted by atomic mass is 16.5. The summed E-state index contributed by atoms with van der Waals surface area (Å²) in [6.07, 6.45) is 12.6. The summed E-state index contributed by atoms with van der Waals surface area (Å²) in [5.41, 5.74) is 9.98. The Morgan fingerprint density at radius 1 is 1.07 bits per heavy atom. The number of pyridine rings is 2. The number of ether oxygens (including phenoxy) is 1. The predicted octanol–water partition coefficient (Wildman–Crippen LogP) is 2.80. The lowest BCUT2D eigenvalue weighted by Crippen LogP contribution is -2.55. The van der Waals surface area contributed by atoms with E-state index in [2.05, 4.69) is 38.1 Å². The Morgan fingerprint density at radius 3 is 2.76 bits per heavy atom. The fourth-order valence-electron chi connectivity index (χ4n) is 5.13. The summed E-state index contributed by atoms with van der Waals surface area (Å²) in [5, 5.41) is 0. The number of aryl methyl sites for hydroxylation is 1. The van der Waals surface area contributed by atoms with Crippen molar-refractivity contribution in [3.63, 3.8) is 0 Å². The van der Waals surface area contributed by atoms with Gasteiger partial charge in [0, 0.05) is 57.4 Å². The van der Waals surface area contributed by atoms with E-state index in [1.807, 2.05) is 12.3 Å². The molecule has 6 heteroatoms. The molecule has 0 spiro atoms.